The Labute approximate surface area is 168 Å². The fourth-order valence-corrected chi connectivity index (χ4v) is 4.44. The highest BCUT2D eigenvalue weighted by molar-refractivity contribution is 7.99. The highest BCUT2D eigenvalue weighted by Crippen LogP contribution is 2.26. The normalized spacial score (nSPS) is 12.8. The number of hydrogen-bond acceptors (Lipinski definition) is 5. The molecule has 1 aromatic carbocycles. The van der Waals surface area contributed by atoms with Crippen molar-refractivity contribution in [1.29, 1.82) is 0 Å². The lowest BCUT2D eigenvalue weighted by Gasteiger charge is -2.08. The van der Waals surface area contributed by atoms with E-state index in [-0.39, 0.29) is 5.91 Å². The van der Waals surface area contributed by atoms with E-state index < -0.39 is 0 Å². The molecule has 2 aromatic heterocycles. The molecular weight excluding hydrogens is 370 g/mol. The first kappa shape index (κ1) is 18.7. The Balaban J connectivity index is 1.34. The Morgan fingerprint density at radius 2 is 1.96 bits per heavy atom. The first-order valence-electron chi connectivity index (χ1n) is 9.62. The number of hydrogen-bond donors (Lipinski definition) is 1. The van der Waals surface area contributed by atoms with Crippen LogP contribution in [0.1, 0.15) is 30.9 Å². The SMILES string of the molecule is CCn1c(SCCC(=O)Nc2ccc3c(c2)CCC3)nnc1-c1ccncc1. The molecule has 144 valence electrons. The number of benzene rings is 1. The molecule has 1 amide bonds. The molecule has 0 spiro atoms. The van der Waals surface area contributed by atoms with Crippen molar-refractivity contribution in [2.24, 2.45) is 0 Å². The molecule has 2 heterocycles. The van der Waals surface area contributed by atoms with Crippen LogP contribution in [-0.2, 0) is 24.2 Å². The van der Waals surface area contributed by atoms with Crippen molar-refractivity contribution in [2.45, 2.75) is 44.3 Å². The topological polar surface area (TPSA) is 72.7 Å². The van der Waals surface area contributed by atoms with Crippen molar-refractivity contribution in [3.05, 3.63) is 53.9 Å². The van der Waals surface area contributed by atoms with E-state index in [1.54, 1.807) is 24.2 Å². The third-order valence-electron chi connectivity index (χ3n) is 4.91. The average Bonchev–Trinajstić information content (AvgIpc) is 3.34. The minimum absolute atomic E-state index is 0.0300. The third-order valence-corrected chi connectivity index (χ3v) is 5.88. The van der Waals surface area contributed by atoms with Gasteiger partial charge >= 0.3 is 0 Å². The number of aromatic nitrogens is 4. The van der Waals surface area contributed by atoms with E-state index in [4.69, 9.17) is 0 Å². The van der Waals surface area contributed by atoms with Gasteiger partial charge in [-0.15, -0.1) is 10.2 Å². The van der Waals surface area contributed by atoms with Gasteiger partial charge in [-0.2, -0.15) is 0 Å². The number of anilines is 1. The molecule has 0 saturated heterocycles. The van der Waals surface area contributed by atoms with Crippen molar-refractivity contribution < 1.29 is 4.79 Å². The van der Waals surface area contributed by atoms with E-state index in [9.17, 15) is 4.79 Å². The van der Waals surface area contributed by atoms with Gasteiger partial charge in [0, 0.05) is 42.4 Å². The molecule has 0 fully saturated rings. The van der Waals surface area contributed by atoms with Gasteiger partial charge in [0.05, 0.1) is 0 Å². The second-order valence-electron chi connectivity index (χ2n) is 6.77. The quantitative estimate of drug-likeness (QED) is 0.615. The molecule has 0 aliphatic heterocycles. The monoisotopic (exact) mass is 393 g/mol. The maximum absolute atomic E-state index is 12.3. The number of carbonyl (C=O) groups excluding carboxylic acids is 1. The number of fused-ring (bicyclic) bond motifs is 1. The molecule has 7 heteroatoms. The highest BCUT2D eigenvalue weighted by Gasteiger charge is 2.14. The molecule has 28 heavy (non-hydrogen) atoms. The number of nitrogens with zero attached hydrogens (tertiary/aromatic N) is 4. The molecule has 3 aromatic rings. The van der Waals surface area contributed by atoms with E-state index in [1.807, 2.05) is 18.2 Å². The van der Waals surface area contributed by atoms with Crippen LogP contribution < -0.4 is 5.32 Å². The number of carbonyl (C=O) groups is 1. The van der Waals surface area contributed by atoms with Gasteiger partial charge in [-0.25, -0.2) is 0 Å². The molecular formula is C21H23N5OS. The van der Waals surface area contributed by atoms with Crippen LogP contribution in [0, 0.1) is 0 Å². The molecule has 0 radical (unpaired) electrons. The van der Waals surface area contributed by atoms with Crippen LogP contribution in [0.5, 0.6) is 0 Å². The largest absolute Gasteiger partial charge is 0.326 e. The predicted molar refractivity (Wildman–Crippen MR) is 111 cm³/mol. The van der Waals surface area contributed by atoms with E-state index >= 15 is 0 Å². The molecule has 1 aliphatic rings. The van der Waals surface area contributed by atoms with Gasteiger partial charge in [0.25, 0.3) is 0 Å². The average molecular weight is 394 g/mol. The lowest BCUT2D eigenvalue weighted by molar-refractivity contribution is -0.115. The second-order valence-corrected chi connectivity index (χ2v) is 7.83. The Morgan fingerprint density at radius 1 is 1.14 bits per heavy atom. The zero-order valence-corrected chi connectivity index (χ0v) is 16.7. The van der Waals surface area contributed by atoms with Gasteiger partial charge in [0.2, 0.25) is 5.91 Å². The third kappa shape index (κ3) is 4.09. The number of pyridine rings is 1. The first-order valence-corrected chi connectivity index (χ1v) is 10.6. The van der Waals surface area contributed by atoms with E-state index in [0.717, 1.165) is 41.6 Å². The first-order chi connectivity index (χ1) is 13.7. The number of rotatable bonds is 7. The molecule has 4 rings (SSSR count). The van der Waals surface area contributed by atoms with Crippen LogP contribution in [-0.4, -0.2) is 31.4 Å². The number of nitrogens with one attached hydrogen (secondary N) is 1. The maximum Gasteiger partial charge on any atom is 0.225 e. The zero-order valence-electron chi connectivity index (χ0n) is 15.9. The molecule has 1 N–H and O–H groups in total. The summed E-state index contributed by atoms with van der Waals surface area (Å²) in [6, 6.07) is 10.1. The van der Waals surface area contributed by atoms with Crippen molar-refractivity contribution in [1.82, 2.24) is 19.7 Å². The van der Waals surface area contributed by atoms with Crippen molar-refractivity contribution in [2.75, 3.05) is 11.1 Å². The van der Waals surface area contributed by atoms with Gasteiger partial charge in [-0.05, 0) is 61.6 Å². The smallest absolute Gasteiger partial charge is 0.225 e. The Bertz CT molecular complexity index is 970. The highest BCUT2D eigenvalue weighted by atomic mass is 32.2. The van der Waals surface area contributed by atoms with Crippen LogP contribution >= 0.6 is 11.8 Å². The van der Waals surface area contributed by atoms with Gasteiger partial charge in [-0.1, -0.05) is 17.8 Å². The molecule has 6 nitrogen and oxygen atoms in total. The molecule has 1 aliphatic carbocycles. The maximum atomic E-state index is 12.3. The van der Waals surface area contributed by atoms with E-state index in [2.05, 4.69) is 44.1 Å². The van der Waals surface area contributed by atoms with Gasteiger partial charge < -0.3 is 9.88 Å². The van der Waals surface area contributed by atoms with Crippen molar-refractivity contribution >= 4 is 23.4 Å². The Morgan fingerprint density at radius 3 is 2.79 bits per heavy atom. The fourth-order valence-electron chi connectivity index (χ4n) is 3.50. The second kappa shape index (κ2) is 8.56. The summed E-state index contributed by atoms with van der Waals surface area (Å²) in [5, 5.41) is 12.5. The zero-order chi connectivity index (χ0) is 19.3. The molecule has 0 bridgehead atoms. The standard InChI is InChI=1S/C21H23N5OS/c1-2-26-20(16-8-11-22-12-9-16)24-25-21(26)28-13-10-19(27)23-18-7-6-15-4-3-5-17(15)14-18/h6-9,11-12,14H,2-5,10,13H2,1H3,(H,23,27). The van der Waals surface area contributed by atoms with Crippen LogP contribution in [0.25, 0.3) is 11.4 Å². The molecule has 0 atom stereocenters. The summed E-state index contributed by atoms with van der Waals surface area (Å²) < 4.78 is 2.07. The summed E-state index contributed by atoms with van der Waals surface area (Å²) in [5.41, 5.74) is 4.67. The summed E-state index contributed by atoms with van der Waals surface area (Å²) in [7, 11) is 0. The van der Waals surface area contributed by atoms with Gasteiger partial charge in [0.1, 0.15) is 0 Å². The van der Waals surface area contributed by atoms with E-state index in [0.29, 0.717) is 12.2 Å². The van der Waals surface area contributed by atoms with Gasteiger partial charge in [-0.3, -0.25) is 9.78 Å². The van der Waals surface area contributed by atoms with Gasteiger partial charge in [0.15, 0.2) is 11.0 Å². The summed E-state index contributed by atoms with van der Waals surface area (Å²) >= 11 is 1.56. The Hall–Kier alpha value is -2.67. The number of aryl methyl sites for hydroxylation is 2. The lowest BCUT2D eigenvalue weighted by atomic mass is 10.1. The molecule has 0 unspecified atom stereocenters. The molecule has 0 saturated carbocycles. The van der Waals surface area contributed by atoms with E-state index in [1.165, 1.54) is 17.5 Å². The van der Waals surface area contributed by atoms with Crippen LogP contribution in [0.3, 0.4) is 0 Å². The summed E-state index contributed by atoms with van der Waals surface area (Å²) in [6.07, 6.45) is 7.41. The number of thioether (sulfide) groups is 1. The summed E-state index contributed by atoms with van der Waals surface area (Å²) in [6.45, 7) is 2.84. The van der Waals surface area contributed by atoms with Crippen LogP contribution in [0.15, 0.2) is 47.9 Å². The Kier molecular flexibility index (Phi) is 5.71. The minimum atomic E-state index is 0.0300. The summed E-state index contributed by atoms with van der Waals surface area (Å²) in [5.74, 6) is 1.52. The van der Waals surface area contributed by atoms with Crippen LogP contribution in [0.4, 0.5) is 5.69 Å². The fraction of sp³-hybridized carbons (Fsp3) is 0.333. The van der Waals surface area contributed by atoms with Crippen molar-refractivity contribution in [3.8, 4) is 11.4 Å². The lowest BCUT2D eigenvalue weighted by Crippen LogP contribution is -2.12. The van der Waals surface area contributed by atoms with Crippen LogP contribution in [0.2, 0.25) is 0 Å². The van der Waals surface area contributed by atoms with Crippen molar-refractivity contribution in [3.63, 3.8) is 0 Å². The minimum Gasteiger partial charge on any atom is -0.326 e. The number of amides is 1. The predicted octanol–water partition coefficient (Wildman–Crippen LogP) is 3.97. The summed E-state index contributed by atoms with van der Waals surface area (Å²) in [4.78, 5) is 16.4.